The largest absolute Gasteiger partial charge is 0.340 e. The van der Waals surface area contributed by atoms with Gasteiger partial charge in [0.15, 0.2) is 5.82 Å². The van der Waals surface area contributed by atoms with Gasteiger partial charge in [-0.1, -0.05) is 12.8 Å². The van der Waals surface area contributed by atoms with Gasteiger partial charge in [-0.3, -0.25) is 14.7 Å². The van der Waals surface area contributed by atoms with Crippen molar-refractivity contribution in [3.63, 3.8) is 0 Å². The van der Waals surface area contributed by atoms with Gasteiger partial charge in [0.2, 0.25) is 0 Å². The number of nitrogens with one attached hydrogen (secondary N) is 2. The maximum absolute atomic E-state index is 12.7. The van der Waals surface area contributed by atoms with Crippen LogP contribution in [0.25, 0.3) is 0 Å². The number of carbonyl (C=O) groups excluding carboxylic acids is 1. The highest BCUT2D eigenvalue weighted by Gasteiger charge is 2.34. The first-order chi connectivity index (χ1) is 12.6. The van der Waals surface area contributed by atoms with Crippen molar-refractivity contribution in [2.45, 2.75) is 57.2 Å². The number of hydrogen-bond acceptors (Lipinski definition) is 5. The van der Waals surface area contributed by atoms with Crippen LogP contribution >= 0.6 is 11.3 Å². The Morgan fingerprint density at radius 1 is 1.31 bits per heavy atom. The van der Waals surface area contributed by atoms with Crippen LogP contribution in [0, 0.1) is 0 Å². The van der Waals surface area contributed by atoms with Gasteiger partial charge < -0.3 is 4.90 Å². The Hall–Kier alpha value is -1.93. The standard InChI is InChI=1S/C18H25N5O2S/c1-22(11-16-19-18(25)21-20-16)17(24)15-9-8-14(26-15)13-7-4-10-23(13)12-5-2-3-6-12/h8-9,12-13H,2-7,10-11H2,1H3,(H2,19,20,21,25)/t13-/m1/s1. The summed E-state index contributed by atoms with van der Waals surface area (Å²) in [6.45, 7) is 1.46. The number of aromatic amines is 2. The van der Waals surface area contributed by atoms with Crippen LogP contribution < -0.4 is 5.69 Å². The SMILES string of the molecule is CN(Cc1n[nH]c(=O)[nH]1)C(=O)c1ccc([C@H]2CCCN2C2CCCC2)s1. The molecule has 4 rings (SSSR count). The van der Waals surface area contributed by atoms with Crippen LogP contribution in [0.15, 0.2) is 16.9 Å². The highest BCUT2D eigenvalue weighted by Crippen LogP contribution is 2.40. The second-order valence-electron chi connectivity index (χ2n) is 7.32. The number of nitrogens with zero attached hydrogens (tertiary/aromatic N) is 3. The summed E-state index contributed by atoms with van der Waals surface area (Å²) in [4.78, 5) is 32.7. The van der Waals surface area contributed by atoms with Gasteiger partial charge in [0.25, 0.3) is 5.91 Å². The third-order valence-corrected chi connectivity index (χ3v) is 6.71. The van der Waals surface area contributed by atoms with Gasteiger partial charge >= 0.3 is 5.69 Å². The molecular weight excluding hydrogens is 350 g/mol. The lowest BCUT2D eigenvalue weighted by Gasteiger charge is -2.29. The molecule has 0 aromatic carbocycles. The average molecular weight is 375 g/mol. The molecule has 1 aliphatic heterocycles. The van der Waals surface area contributed by atoms with Gasteiger partial charge in [-0.2, -0.15) is 5.10 Å². The van der Waals surface area contributed by atoms with Crippen molar-refractivity contribution in [3.8, 4) is 0 Å². The molecule has 8 heteroatoms. The molecule has 0 bridgehead atoms. The fourth-order valence-electron chi connectivity index (χ4n) is 4.28. The van der Waals surface area contributed by atoms with E-state index in [0.29, 0.717) is 11.9 Å². The number of aromatic nitrogens is 3. The molecule has 2 N–H and O–H groups in total. The van der Waals surface area contributed by atoms with Crippen molar-refractivity contribution in [2.75, 3.05) is 13.6 Å². The molecule has 3 heterocycles. The first kappa shape index (κ1) is 17.5. The Balaban J connectivity index is 1.44. The van der Waals surface area contributed by atoms with Crippen LogP contribution in [-0.2, 0) is 6.54 Å². The molecule has 2 fully saturated rings. The number of carbonyl (C=O) groups is 1. The van der Waals surface area contributed by atoms with Crippen LogP contribution in [0.3, 0.4) is 0 Å². The summed E-state index contributed by atoms with van der Waals surface area (Å²) < 4.78 is 0. The molecule has 1 saturated carbocycles. The number of amides is 1. The molecule has 1 aliphatic carbocycles. The summed E-state index contributed by atoms with van der Waals surface area (Å²) >= 11 is 1.61. The lowest BCUT2D eigenvalue weighted by Crippen LogP contribution is -2.32. The van der Waals surface area contributed by atoms with Crippen molar-refractivity contribution in [2.24, 2.45) is 0 Å². The quantitative estimate of drug-likeness (QED) is 0.841. The zero-order valence-electron chi connectivity index (χ0n) is 15.0. The molecule has 140 valence electrons. The van der Waals surface area contributed by atoms with E-state index in [9.17, 15) is 9.59 Å². The van der Waals surface area contributed by atoms with Crippen molar-refractivity contribution >= 4 is 17.2 Å². The predicted octanol–water partition coefficient (Wildman–Crippen LogP) is 2.51. The molecule has 0 unspecified atom stereocenters. The van der Waals surface area contributed by atoms with Gasteiger partial charge in [-0.05, 0) is 44.4 Å². The fraction of sp³-hybridized carbons (Fsp3) is 0.611. The fourth-order valence-corrected chi connectivity index (χ4v) is 5.44. The van der Waals surface area contributed by atoms with Crippen LogP contribution in [0.2, 0.25) is 0 Å². The molecule has 2 aliphatic rings. The smallest absolute Gasteiger partial charge is 0.333 e. The summed E-state index contributed by atoms with van der Waals surface area (Å²) in [5.74, 6) is 0.432. The van der Waals surface area contributed by atoms with Crippen molar-refractivity contribution < 1.29 is 4.79 Å². The number of H-pyrrole nitrogens is 2. The molecule has 26 heavy (non-hydrogen) atoms. The first-order valence-corrected chi connectivity index (χ1v) is 10.2. The van der Waals surface area contributed by atoms with E-state index in [-0.39, 0.29) is 18.1 Å². The molecule has 1 amide bonds. The van der Waals surface area contributed by atoms with E-state index in [1.807, 2.05) is 6.07 Å². The molecule has 1 atom stereocenters. The van der Waals surface area contributed by atoms with Crippen molar-refractivity contribution in [3.05, 3.63) is 38.2 Å². The van der Waals surface area contributed by atoms with Gasteiger partial charge in [0, 0.05) is 24.0 Å². The van der Waals surface area contributed by atoms with Crippen LogP contribution in [0.5, 0.6) is 0 Å². The van der Waals surface area contributed by atoms with E-state index in [2.05, 4.69) is 26.1 Å². The Morgan fingerprint density at radius 2 is 2.12 bits per heavy atom. The maximum Gasteiger partial charge on any atom is 0.340 e. The normalized spacial score (nSPS) is 21.5. The third kappa shape index (κ3) is 3.48. The molecule has 0 spiro atoms. The van der Waals surface area contributed by atoms with E-state index < -0.39 is 0 Å². The van der Waals surface area contributed by atoms with E-state index in [0.717, 1.165) is 10.9 Å². The number of hydrogen-bond donors (Lipinski definition) is 2. The van der Waals surface area contributed by atoms with Crippen LogP contribution in [-0.4, -0.2) is 50.5 Å². The second kappa shape index (κ2) is 7.36. The summed E-state index contributed by atoms with van der Waals surface area (Å²) in [7, 11) is 1.73. The zero-order chi connectivity index (χ0) is 18.1. The number of likely N-dealkylation sites (tertiary alicyclic amines) is 1. The monoisotopic (exact) mass is 375 g/mol. The maximum atomic E-state index is 12.7. The van der Waals surface area contributed by atoms with Crippen LogP contribution in [0.1, 0.15) is 64.9 Å². The summed E-state index contributed by atoms with van der Waals surface area (Å²) in [5, 5.41) is 6.19. The lowest BCUT2D eigenvalue weighted by molar-refractivity contribution is 0.0786. The Bertz CT molecular complexity index is 819. The zero-order valence-corrected chi connectivity index (χ0v) is 15.8. The summed E-state index contributed by atoms with van der Waals surface area (Å²) in [6.07, 6.45) is 7.77. The highest BCUT2D eigenvalue weighted by atomic mass is 32.1. The van der Waals surface area contributed by atoms with E-state index >= 15 is 0 Å². The second-order valence-corrected chi connectivity index (χ2v) is 8.44. The Kier molecular flexibility index (Phi) is 4.95. The molecule has 0 radical (unpaired) electrons. The van der Waals surface area contributed by atoms with E-state index in [4.69, 9.17) is 0 Å². The minimum atomic E-state index is -0.354. The van der Waals surface area contributed by atoms with Gasteiger partial charge in [-0.25, -0.2) is 9.89 Å². The third-order valence-electron chi connectivity index (χ3n) is 5.54. The van der Waals surface area contributed by atoms with Gasteiger partial charge in [0.05, 0.1) is 11.4 Å². The molecule has 1 saturated heterocycles. The van der Waals surface area contributed by atoms with Gasteiger partial charge in [-0.15, -0.1) is 11.3 Å². The van der Waals surface area contributed by atoms with Gasteiger partial charge in [0.1, 0.15) is 0 Å². The first-order valence-electron chi connectivity index (χ1n) is 9.36. The highest BCUT2D eigenvalue weighted by molar-refractivity contribution is 7.14. The molecular formula is C18H25N5O2S. The predicted molar refractivity (Wildman–Crippen MR) is 100 cm³/mol. The lowest BCUT2D eigenvalue weighted by atomic mass is 10.1. The number of thiophene rings is 1. The average Bonchev–Trinajstić information content (AvgIpc) is 3.39. The van der Waals surface area contributed by atoms with Crippen molar-refractivity contribution in [1.29, 1.82) is 0 Å². The number of rotatable bonds is 5. The van der Waals surface area contributed by atoms with Crippen LogP contribution in [0.4, 0.5) is 0 Å². The molecule has 7 nitrogen and oxygen atoms in total. The Labute approximate surface area is 156 Å². The van der Waals surface area contributed by atoms with E-state index in [1.54, 1.807) is 23.3 Å². The summed E-state index contributed by atoms with van der Waals surface area (Å²) in [6, 6.07) is 5.26. The molecule has 2 aromatic heterocycles. The Morgan fingerprint density at radius 3 is 2.85 bits per heavy atom. The minimum Gasteiger partial charge on any atom is -0.333 e. The van der Waals surface area contributed by atoms with E-state index in [1.165, 1.54) is 49.9 Å². The van der Waals surface area contributed by atoms with Crippen molar-refractivity contribution in [1.82, 2.24) is 25.0 Å². The molecule has 2 aromatic rings. The summed E-state index contributed by atoms with van der Waals surface area (Å²) in [5.41, 5.74) is -0.354. The minimum absolute atomic E-state index is 0.0319. The topological polar surface area (TPSA) is 85.1 Å².